The Hall–Kier alpha value is -1.10. The van der Waals surface area contributed by atoms with E-state index in [1.165, 1.54) is 0 Å². The second-order valence-corrected chi connectivity index (χ2v) is 4.86. The van der Waals surface area contributed by atoms with Gasteiger partial charge in [-0.3, -0.25) is 9.59 Å². The van der Waals surface area contributed by atoms with E-state index in [1.54, 1.807) is 4.90 Å². The molecule has 1 N–H and O–H groups in total. The minimum absolute atomic E-state index is 0.0269. The number of carboxylic acids is 1. The first-order valence-electron chi connectivity index (χ1n) is 6.26. The molecule has 5 nitrogen and oxygen atoms in total. The van der Waals surface area contributed by atoms with Gasteiger partial charge in [0, 0.05) is 19.2 Å². The molecule has 17 heavy (non-hydrogen) atoms. The third kappa shape index (κ3) is 2.44. The molecule has 2 rings (SSSR count). The summed E-state index contributed by atoms with van der Waals surface area (Å²) < 4.78 is 5.37. The molecule has 2 saturated heterocycles. The number of carbonyl (C=O) groups is 2. The fourth-order valence-electron chi connectivity index (χ4n) is 2.74. The van der Waals surface area contributed by atoms with Gasteiger partial charge in [-0.05, 0) is 32.6 Å². The molecule has 0 spiro atoms. The Bertz CT molecular complexity index is 312. The molecule has 2 heterocycles. The summed E-state index contributed by atoms with van der Waals surface area (Å²) in [5.74, 6) is -1.27. The minimum Gasteiger partial charge on any atom is -0.481 e. The molecule has 2 aliphatic rings. The summed E-state index contributed by atoms with van der Waals surface area (Å²) in [5.41, 5.74) is 0. The molecular formula is C12H19NO4. The largest absolute Gasteiger partial charge is 0.481 e. The normalized spacial score (nSPS) is 33.7. The predicted octanol–water partition coefficient (Wildman–Crippen LogP) is 0.877. The van der Waals surface area contributed by atoms with Crippen molar-refractivity contribution in [1.29, 1.82) is 0 Å². The highest BCUT2D eigenvalue weighted by Gasteiger charge is 2.38. The van der Waals surface area contributed by atoms with E-state index in [-0.39, 0.29) is 18.1 Å². The second kappa shape index (κ2) is 5.04. The average Bonchev–Trinajstić information content (AvgIpc) is 2.81. The van der Waals surface area contributed by atoms with E-state index in [9.17, 15) is 9.59 Å². The van der Waals surface area contributed by atoms with Crippen LogP contribution in [0.15, 0.2) is 0 Å². The van der Waals surface area contributed by atoms with Gasteiger partial charge < -0.3 is 14.7 Å². The molecule has 1 amide bonds. The predicted molar refractivity (Wildman–Crippen MR) is 60.5 cm³/mol. The zero-order chi connectivity index (χ0) is 12.4. The first-order valence-corrected chi connectivity index (χ1v) is 6.26. The minimum atomic E-state index is -0.803. The fourth-order valence-corrected chi connectivity index (χ4v) is 2.74. The van der Waals surface area contributed by atoms with E-state index in [1.807, 2.05) is 6.92 Å². The summed E-state index contributed by atoms with van der Waals surface area (Å²) in [5, 5.41) is 9.10. The van der Waals surface area contributed by atoms with Gasteiger partial charge in [-0.1, -0.05) is 0 Å². The Kier molecular flexibility index (Phi) is 3.66. The maximum Gasteiger partial charge on any atom is 0.308 e. The molecule has 0 aliphatic carbocycles. The molecule has 0 aromatic heterocycles. The molecule has 0 bridgehead atoms. The van der Waals surface area contributed by atoms with E-state index >= 15 is 0 Å². The maximum atomic E-state index is 12.2. The number of hydrogen-bond acceptors (Lipinski definition) is 3. The number of nitrogens with zero attached hydrogens (tertiary/aromatic N) is 1. The zero-order valence-corrected chi connectivity index (χ0v) is 10.1. The highest BCUT2D eigenvalue weighted by atomic mass is 16.5. The SMILES string of the molecule is C[C@@H]1[C@H](C(=O)O)CCCN1C(=O)[C@H]1CCCO1. The van der Waals surface area contributed by atoms with Gasteiger partial charge in [-0.15, -0.1) is 0 Å². The molecule has 0 aromatic carbocycles. The fraction of sp³-hybridized carbons (Fsp3) is 0.833. The Labute approximate surface area is 101 Å². The zero-order valence-electron chi connectivity index (χ0n) is 10.1. The van der Waals surface area contributed by atoms with Gasteiger partial charge in [0.05, 0.1) is 5.92 Å². The van der Waals surface area contributed by atoms with E-state index in [0.717, 1.165) is 19.3 Å². The molecule has 0 radical (unpaired) electrons. The summed E-state index contributed by atoms with van der Waals surface area (Å²) in [6.07, 6.45) is 2.76. The monoisotopic (exact) mass is 241 g/mol. The van der Waals surface area contributed by atoms with Crippen LogP contribution < -0.4 is 0 Å². The first kappa shape index (κ1) is 12.4. The number of piperidine rings is 1. The Balaban J connectivity index is 2.04. The third-order valence-electron chi connectivity index (χ3n) is 3.79. The summed E-state index contributed by atoms with van der Waals surface area (Å²) in [7, 11) is 0. The lowest BCUT2D eigenvalue weighted by Gasteiger charge is -2.38. The summed E-state index contributed by atoms with van der Waals surface area (Å²) in [6, 6.07) is -0.224. The molecule has 5 heteroatoms. The van der Waals surface area contributed by atoms with Gasteiger partial charge in [0.15, 0.2) is 0 Å². The number of hydrogen-bond donors (Lipinski definition) is 1. The van der Waals surface area contributed by atoms with Crippen LogP contribution in [-0.2, 0) is 14.3 Å². The number of carbonyl (C=O) groups excluding carboxylic acids is 1. The highest BCUT2D eigenvalue weighted by molar-refractivity contribution is 5.82. The van der Waals surface area contributed by atoms with Gasteiger partial charge in [-0.2, -0.15) is 0 Å². The lowest BCUT2D eigenvalue weighted by molar-refractivity contribution is -0.153. The molecule has 3 atom stereocenters. The van der Waals surface area contributed by atoms with Crippen LogP contribution in [0.25, 0.3) is 0 Å². The molecule has 2 fully saturated rings. The topological polar surface area (TPSA) is 66.8 Å². The van der Waals surface area contributed by atoms with Crippen LogP contribution in [0.5, 0.6) is 0 Å². The number of ether oxygens (including phenoxy) is 1. The van der Waals surface area contributed by atoms with Crippen LogP contribution in [-0.4, -0.2) is 47.2 Å². The van der Waals surface area contributed by atoms with Crippen molar-refractivity contribution >= 4 is 11.9 Å². The van der Waals surface area contributed by atoms with Crippen molar-refractivity contribution in [3.8, 4) is 0 Å². The van der Waals surface area contributed by atoms with E-state index in [4.69, 9.17) is 9.84 Å². The Morgan fingerprint density at radius 1 is 1.29 bits per heavy atom. The Morgan fingerprint density at radius 2 is 2.06 bits per heavy atom. The molecule has 96 valence electrons. The van der Waals surface area contributed by atoms with E-state index in [2.05, 4.69) is 0 Å². The third-order valence-corrected chi connectivity index (χ3v) is 3.79. The first-order chi connectivity index (χ1) is 8.11. The molecule has 0 aromatic rings. The van der Waals surface area contributed by atoms with Crippen molar-refractivity contribution in [3.05, 3.63) is 0 Å². The van der Waals surface area contributed by atoms with Crippen molar-refractivity contribution in [3.63, 3.8) is 0 Å². The summed E-state index contributed by atoms with van der Waals surface area (Å²) in [6.45, 7) is 3.12. The average molecular weight is 241 g/mol. The highest BCUT2D eigenvalue weighted by Crippen LogP contribution is 2.26. The van der Waals surface area contributed by atoms with E-state index < -0.39 is 11.9 Å². The van der Waals surface area contributed by atoms with Crippen molar-refractivity contribution in [2.24, 2.45) is 5.92 Å². The number of aliphatic carboxylic acids is 1. The quantitative estimate of drug-likeness (QED) is 0.779. The van der Waals surface area contributed by atoms with Crippen LogP contribution >= 0.6 is 0 Å². The second-order valence-electron chi connectivity index (χ2n) is 4.86. The van der Waals surface area contributed by atoms with Gasteiger partial charge in [0.1, 0.15) is 6.10 Å². The van der Waals surface area contributed by atoms with Crippen molar-refractivity contribution < 1.29 is 19.4 Å². The van der Waals surface area contributed by atoms with Gasteiger partial charge in [0.25, 0.3) is 5.91 Å². The van der Waals surface area contributed by atoms with Crippen LogP contribution in [0.3, 0.4) is 0 Å². The van der Waals surface area contributed by atoms with Gasteiger partial charge in [0.2, 0.25) is 0 Å². The van der Waals surface area contributed by atoms with Gasteiger partial charge >= 0.3 is 5.97 Å². The smallest absolute Gasteiger partial charge is 0.308 e. The molecule has 0 saturated carbocycles. The van der Waals surface area contributed by atoms with Crippen LogP contribution in [0, 0.1) is 5.92 Å². The maximum absolute atomic E-state index is 12.2. The lowest BCUT2D eigenvalue weighted by Crippen LogP contribution is -2.52. The van der Waals surface area contributed by atoms with Crippen LogP contribution in [0.1, 0.15) is 32.6 Å². The molecule has 0 unspecified atom stereocenters. The molecular weight excluding hydrogens is 222 g/mol. The van der Waals surface area contributed by atoms with Crippen LogP contribution in [0.4, 0.5) is 0 Å². The number of rotatable bonds is 2. The van der Waals surface area contributed by atoms with Crippen molar-refractivity contribution in [1.82, 2.24) is 4.90 Å². The summed E-state index contributed by atoms with van der Waals surface area (Å²) >= 11 is 0. The molecule has 2 aliphatic heterocycles. The lowest BCUT2D eigenvalue weighted by atomic mass is 9.90. The number of amides is 1. The summed E-state index contributed by atoms with van der Waals surface area (Å²) in [4.78, 5) is 25.0. The van der Waals surface area contributed by atoms with E-state index in [0.29, 0.717) is 19.6 Å². The number of carboxylic acid groups (broad SMARTS) is 1. The van der Waals surface area contributed by atoms with Crippen LogP contribution in [0.2, 0.25) is 0 Å². The van der Waals surface area contributed by atoms with Crippen molar-refractivity contribution in [2.75, 3.05) is 13.2 Å². The Morgan fingerprint density at radius 3 is 2.65 bits per heavy atom. The standard InChI is InChI=1S/C12H19NO4/c1-8-9(12(15)16)4-2-6-13(8)11(14)10-5-3-7-17-10/h8-10H,2-7H2,1H3,(H,15,16)/t8-,9-,10-/m1/s1. The number of likely N-dealkylation sites (tertiary alicyclic amines) is 1. The van der Waals surface area contributed by atoms with Gasteiger partial charge in [-0.25, -0.2) is 0 Å². The van der Waals surface area contributed by atoms with Crippen molar-refractivity contribution in [2.45, 2.75) is 44.8 Å².